The van der Waals surface area contributed by atoms with Gasteiger partial charge in [-0.15, -0.1) is 5.11 Å². The van der Waals surface area contributed by atoms with E-state index in [1.807, 2.05) is 31.2 Å². The van der Waals surface area contributed by atoms with E-state index < -0.39 is 26.3 Å². The Morgan fingerprint density at radius 1 is 0.812 bits per heavy atom. The van der Waals surface area contributed by atoms with E-state index in [2.05, 4.69) is 20.5 Å². The van der Waals surface area contributed by atoms with E-state index in [1.165, 1.54) is 12.1 Å². The van der Waals surface area contributed by atoms with Crippen LogP contribution in [0.15, 0.2) is 135 Å². The maximum atomic E-state index is 12.1. The van der Waals surface area contributed by atoms with Gasteiger partial charge in [-0.05, 0) is 65.1 Å². The lowest BCUT2D eigenvalue weighted by molar-refractivity contribution is 0.475. The zero-order valence-electron chi connectivity index (χ0n) is 25.6. The molecule has 0 spiro atoms. The second-order valence-corrected chi connectivity index (χ2v) is 13.4. The van der Waals surface area contributed by atoms with Crippen molar-refractivity contribution >= 4 is 58.7 Å². The van der Waals surface area contributed by atoms with Crippen LogP contribution in [0.5, 0.6) is 0 Å². The molecule has 5 N–H and O–H groups in total. The summed E-state index contributed by atoms with van der Waals surface area (Å²) in [6, 6.07) is 28.0. The van der Waals surface area contributed by atoms with E-state index >= 15 is 0 Å². The second-order valence-electron chi connectivity index (χ2n) is 10.7. The fourth-order valence-corrected chi connectivity index (χ4v) is 6.50. The minimum Gasteiger partial charge on any atom is -0.744 e. The van der Waals surface area contributed by atoms with Crippen LogP contribution in [0.1, 0.15) is 24.5 Å². The first kappa shape index (κ1) is 34.2. The molecular weight excluding hydrogens is 653 g/mol. The molecule has 1 unspecified atom stereocenters. The number of nitrogens with two attached hydrogens (primary N) is 2. The Morgan fingerprint density at radius 2 is 1.38 bits per heavy atom. The Morgan fingerprint density at radius 3 is 1.94 bits per heavy atom. The molecule has 0 fully saturated rings. The SMILES string of the molecule is CCC(/C=C(\c1ccccc1CN)S(=O)(=O)[O-])N=Nc1ccc(-c2ccc(N=Nc3cc(S(=O)(=O)O)c4ccccc4c3N)cc2)cc1. The van der Waals surface area contributed by atoms with Crippen molar-refractivity contribution in [3.8, 4) is 11.1 Å². The molecule has 246 valence electrons. The number of rotatable bonds is 11. The highest BCUT2D eigenvalue weighted by molar-refractivity contribution is 7.95. The molecule has 0 saturated heterocycles. The Labute approximate surface area is 278 Å². The number of hydrogen-bond acceptors (Lipinski definition) is 11. The number of azo groups is 2. The average molecular weight is 684 g/mol. The van der Waals surface area contributed by atoms with Gasteiger partial charge in [0.15, 0.2) is 0 Å². The Bertz CT molecular complexity index is 2270. The largest absolute Gasteiger partial charge is 0.744 e. The smallest absolute Gasteiger partial charge is 0.295 e. The van der Waals surface area contributed by atoms with E-state index in [0.717, 1.165) is 11.1 Å². The van der Waals surface area contributed by atoms with Crippen LogP contribution >= 0.6 is 0 Å². The van der Waals surface area contributed by atoms with Crippen LogP contribution in [-0.4, -0.2) is 32.0 Å². The van der Waals surface area contributed by atoms with Crippen molar-refractivity contribution in [3.05, 3.63) is 120 Å². The molecule has 0 saturated carbocycles. The molecule has 0 aliphatic heterocycles. The second kappa shape index (κ2) is 14.3. The zero-order valence-corrected chi connectivity index (χ0v) is 27.3. The van der Waals surface area contributed by atoms with Crippen LogP contribution in [-0.2, 0) is 26.8 Å². The summed E-state index contributed by atoms with van der Waals surface area (Å²) in [5.74, 6) is 0. The standard InChI is InChI=1S/C34H32N6O6S2/c1-2-25(19-32(47(41,42)43)28-8-4-3-7-24(28)21-35)37-38-26-15-11-22(12-16-26)23-13-17-27(18-14-23)39-40-31-20-33(48(44,45)46)29-9-5-6-10-30(29)34(31)36/h3-20,25H,2,21,35-36H2,1H3,(H,41,42,43)(H,44,45,46)/p-1/b32-19+,38-37?,40-39?. The monoisotopic (exact) mass is 683 g/mol. The fraction of sp³-hybridized carbons (Fsp3) is 0.118. The van der Waals surface area contributed by atoms with Crippen molar-refractivity contribution in [2.45, 2.75) is 30.8 Å². The van der Waals surface area contributed by atoms with Gasteiger partial charge < -0.3 is 16.0 Å². The third-order valence-electron chi connectivity index (χ3n) is 7.50. The summed E-state index contributed by atoms with van der Waals surface area (Å²) < 4.78 is 70.1. The minimum atomic E-state index is -4.81. The van der Waals surface area contributed by atoms with E-state index in [-0.39, 0.29) is 38.7 Å². The maximum absolute atomic E-state index is 12.1. The fourth-order valence-electron chi connectivity index (χ4n) is 4.99. The molecule has 48 heavy (non-hydrogen) atoms. The summed E-state index contributed by atoms with van der Waals surface area (Å²) in [6.45, 7) is 1.88. The van der Waals surface area contributed by atoms with E-state index in [1.54, 1.807) is 72.8 Å². The van der Waals surface area contributed by atoms with Crippen molar-refractivity contribution in [3.63, 3.8) is 0 Å². The first-order valence-corrected chi connectivity index (χ1v) is 17.5. The molecule has 0 aromatic heterocycles. The van der Waals surface area contributed by atoms with Crippen LogP contribution in [0.3, 0.4) is 0 Å². The van der Waals surface area contributed by atoms with Crippen molar-refractivity contribution in [1.29, 1.82) is 0 Å². The van der Waals surface area contributed by atoms with E-state index in [4.69, 9.17) is 11.5 Å². The molecule has 0 bridgehead atoms. The highest BCUT2D eigenvalue weighted by Gasteiger charge is 2.19. The summed E-state index contributed by atoms with van der Waals surface area (Å²) in [4.78, 5) is -0.689. The van der Waals surface area contributed by atoms with Crippen LogP contribution in [0.25, 0.3) is 26.8 Å². The number of nitrogens with zero attached hydrogens (tertiary/aromatic N) is 4. The molecule has 0 heterocycles. The normalized spacial score (nSPS) is 13.5. The predicted molar refractivity (Wildman–Crippen MR) is 185 cm³/mol. The third kappa shape index (κ3) is 7.87. The summed E-state index contributed by atoms with van der Waals surface area (Å²) in [7, 11) is -9.34. The van der Waals surface area contributed by atoms with Crippen molar-refractivity contribution in [1.82, 2.24) is 0 Å². The van der Waals surface area contributed by atoms with Crippen LogP contribution < -0.4 is 11.5 Å². The van der Waals surface area contributed by atoms with Gasteiger partial charge in [-0.25, -0.2) is 8.42 Å². The molecule has 5 aromatic rings. The van der Waals surface area contributed by atoms with Crippen molar-refractivity contribution in [2.75, 3.05) is 5.73 Å². The summed E-state index contributed by atoms with van der Waals surface area (Å²) >= 11 is 0. The van der Waals surface area contributed by atoms with Crippen LogP contribution in [0.4, 0.5) is 22.7 Å². The van der Waals surface area contributed by atoms with Gasteiger partial charge in [0, 0.05) is 17.3 Å². The Kier molecular flexibility index (Phi) is 10.2. The summed E-state index contributed by atoms with van der Waals surface area (Å²) in [6.07, 6.45) is 1.72. The van der Waals surface area contributed by atoms with Crippen LogP contribution in [0, 0.1) is 0 Å². The van der Waals surface area contributed by atoms with Gasteiger partial charge in [0.05, 0.1) is 28.0 Å². The predicted octanol–water partition coefficient (Wildman–Crippen LogP) is 7.66. The minimum absolute atomic E-state index is 0.0708. The van der Waals surface area contributed by atoms with E-state index in [9.17, 15) is 25.9 Å². The molecule has 0 aliphatic carbocycles. The Balaban J connectivity index is 1.33. The highest BCUT2D eigenvalue weighted by Crippen LogP contribution is 2.37. The van der Waals surface area contributed by atoms with Gasteiger partial charge in [-0.1, -0.05) is 79.7 Å². The molecule has 5 rings (SSSR count). The molecule has 1 atom stereocenters. The van der Waals surface area contributed by atoms with Gasteiger partial charge >= 0.3 is 0 Å². The van der Waals surface area contributed by atoms with Gasteiger partial charge in [0.2, 0.25) is 0 Å². The first-order chi connectivity index (χ1) is 22.9. The maximum Gasteiger partial charge on any atom is 0.295 e. The van der Waals surface area contributed by atoms with E-state index in [0.29, 0.717) is 28.7 Å². The third-order valence-corrected chi connectivity index (χ3v) is 9.29. The molecule has 0 amide bonds. The quantitative estimate of drug-likeness (QED) is 0.0712. The van der Waals surface area contributed by atoms with Gasteiger partial charge in [-0.3, -0.25) is 4.55 Å². The molecule has 0 aliphatic rings. The lowest BCUT2D eigenvalue weighted by Crippen LogP contribution is -2.10. The molecular formula is C34H31N6O6S2-. The zero-order chi connectivity index (χ0) is 34.5. The van der Waals surface area contributed by atoms with Crippen LogP contribution in [0.2, 0.25) is 0 Å². The van der Waals surface area contributed by atoms with Gasteiger partial charge in [0.25, 0.3) is 10.1 Å². The first-order valence-electron chi connectivity index (χ1n) is 14.7. The summed E-state index contributed by atoms with van der Waals surface area (Å²) in [5, 5.41) is 17.6. The van der Waals surface area contributed by atoms with Crippen molar-refractivity contribution < 1.29 is 25.9 Å². The lowest BCUT2D eigenvalue weighted by Gasteiger charge is -2.17. The average Bonchev–Trinajstić information content (AvgIpc) is 3.07. The highest BCUT2D eigenvalue weighted by atomic mass is 32.2. The number of hydrogen-bond donors (Lipinski definition) is 3. The molecule has 12 nitrogen and oxygen atoms in total. The molecule has 14 heteroatoms. The summed E-state index contributed by atoms with van der Waals surface area (Å²) in [5.41, 5.74) is 15.9. The number of fused-ring (bicyclic) bond motifs is 1. The van der Waals surface area contributed by atoms with Gasteiger partial charge in [-0.2, -0.15) is 23.8 Å². The number of anilines is 1. The Hall–Kier alpha value is -5.12. The lowest BCUT2D eigenvalue weighted by atomic mass is 10.1. The molecule has 5 aromatic carbocycles. The van der Waals surface area contributed by atoms with Crippen molar-refractivity contribution in [2.24, 2.45) is 26.2 Å². The number of benzene rings is 5. The van der Waals surface area contributed by atoms with Gasteiger partial charge in [0.1, 0.15) is 20.7 Å². The number of nitrogen functional groups attached to an aromatic ring is 1. The molecule has 0 radical (unpaired) electrons. The topological polar surface area (TPSA) is 213 Å².